The van der Waals surface area contributed by atoms with Crippen LogP contribution in [0.3, 0.4) is 0 Å². The van der Waals surface area contributed by atoms with E-state index in [1.165, 1.54) is 25.6 Å². The van der Waals surface area contributed by atoms with Gasteiger partial charge in [-0.1, -0.05) is 0 Å². The van der Waals surface area contributed by atoms with E-state index in [0.717, 1.165) is 42.9 Å². The van der Waals surface area contributed by atoms with Gasteiger partial charge in [0.15, 0.2) is 5.13 Å². The van der Waals surface area contributed by atoms with E-state index in [0.29, 0.717) is 28.7 Å². The highest BCUT2D eigenvalue weighted by Crippen LogP contribution is 2.38. The second-order valence-corrected chi connectivity index (χ2v) is 8.44. The Morgan fingerprint density at radius 3 is 2.63 bits per heavy atom. The molecule has 0 bridgehead atoms. The van der Waals surface area contributed by atoms with Crippen molar-refractivity contribution in [1.82, 2.24) is 10.3 Å². The molecule has 1 aliphatic carbocycles. The number of rotatable bonds is 7. The molecule has 30 heavy (non-hydrogen) atoms. The number of carbonyl (C=O) groups excluding carboxylic acids is 2. The molecule has 1 aromatic carbocycles. The fourth-order valence-corrected chi connectivity index (χ4v) is 4.82. The number of hydrogen-bond acceptors (Lipinski definition) is 7. The van der Waals surface area contributed by atoms with Gasteiger partial charge in [0.1, 0.15) is 11.5 Å². The van der Waals surface area contributed by atoms with Gasteiger partial charge in [-0.15, -0.1) is 11.3 Å². The molecule has 2 aromatic rings. The van der Waals surface area contributed by atoms with E-state index in [9.17, 15) is 9.59 Å². The monoisotopic (exact) mass is 431 g/mol. The zero-order chi connectivity index (χ0) is 21.1. The number of anilines is 1. The molecular formula is C21H25N3O5S. The number of aryl methyl sites for hydroxylation is 1. The van der Waals surface area contributed by atoms with Gasteiger partial charge in [0.25, 0.3) is 5.91 Å². The highest BCUT2D eigenvalue weighted by atomic mass is 32.1. The second kappa shape index (κ2) is 9.01. The molecule has 0 saturated carbocycles. The van der Waals surface area contributed by atoms with Crippen LogP contribution in [0.4, 0.5) is 5.13 Å². The van der Waals surface area contributed by atoms with Crippen LogP contribution in [-0.2, 0) is 16.0 Å². The smallest absolute Gasteiger partial charge is 0.257 e. The van der Waals surface area contributed by atoms with Crippen molar-refractivity contribution in [2.24, 2.45) is 0 Å². The van der Waals surface area contributed by atoms with Crippen molar-refractivity contribution in [3.63, 3.8) is 0 Å². The first-order valence-corrected chi connectivity index (χ1v) is 10.8. The number of nitrogens with zero attached hydrogens (tertiary/aromatic N) is 1. The van der Waals surface area contributed by atoms with Crippen LogP contribution in [0.15, 0.2) is 18.2 Å². The molecule has 2 unspecified atom stereocenters. The maximum Gasteiger partial charge on any atom is 0.257 e. The summed E-state index contributed by atoms with van der Waals surface area (Å²) in [7, 11) is 3.07. The maximum atomic E-state index is 12.7. The minimum absolute atomic E-state index is 0.0232. The molecule has 2 heterocycles. The molecule has 1 saturated heterocycles. The topological polar surface area (TPSA) is 98.8 Å². The summed E-state index contributed by atoms with van der Waals surface area (Å²) in [6, 6.07) is 4.98. The van der Waals surface area contributed by atoms with E-state index in [1.807, 2.05) is 0 Å². The van der Waals surface area contributed by atoms with E-state index >= 15 is 0 Å². The Kier molecular flexibility index (Phi) is 6.19. The standard InChI is InChI=1S/C21H25N3O5S/c1-27-14-8-12(9-15(10-14)28-2)19(25)24-21-23-18-16(5-6-17(18)30-21)20(26)22-11-13-4-3-7-29-13/h8-10,13,16H,3-7,11H2,1-2H3,(H,22,26)(H,23,24,25). The predicted molar refractivity (Wildman–Crippen MR) is 113 cm³/mol. The van der Waals surface area contributed by atoms with Crippen LogP contribution in [0, 0.1) is 0 Å². The molecule has 2 atom stereocenters. The molecule has 1 aromatic heterocycles. The highest BCUT2D eigenvalue weighted by Gasteiger charge is 2.33. The van der Waals surface area contributed by atoms with Gasteiger partial charge in [-0.05, 0) is 37.8 Å². The first-order valence-electron chi connectivity index (χ1n) is 10.0. The van der Waals surface area contributed by atoms with Crippen LogP contribution >= 0.6 is 11.3 Å². The Labute approximate surface area is 178 Å². The molecule has 2 N–H and O–H groups in total. The molecule has 0 radical (unpaired) electrons. The average molecular weight is 432 g/mol. The Morgan fingerprint density at radius 1 is 1.20 bits per heavy atom. The summed E-state index contributed by atoms with van der Waals surface area (Å²) < 4.78 is 16.0. The van der Waals surface area contributed by atoms with E-state index in [4.69, 9.17) is 14.2 Å². The normalized spacial score (nSPS) is 19.9. The van der Waals surface area contributed by atoms with Crippen LogP contribution in [0.5, 0.6) is 11.5 Å². The van der Waals surface area contributed by atoms with Crippen LogP contribution in [0.25, 0.3) is 0 Å². The number of fused-ring (bicyclic) bond motifs is 1. The third-order valence-electron chi connectivity index (χ3n) is 5.40. The summed E-state index contributed by atoms with van der Waals surface area (Å²) in [6.45, 7) is 1.30. The lowest BCUT2D eigenvalue weighted by atomic mass is 10.1. The van der Waals surface area contributed by atoms with Crippen LogP contribution in [0.2, 0.25) is 0 Å². The largest absolute Gasteiger partial charge is 0.497 e. The molecule has 8 nitrogen and oxygen atoms in total. The van der Waals surface area contributed by atoms with E-state index in [1.54, 1.807) is 18.2 Å². The van der Waals surface area contributed by atoms with Crippen LogP contribution in [0.1, 0.15) is 46.1 Å². The summed E-state index contributed by atoms with van der Waals surface area (Å²) >= 11 is 1.42. The Balaban J connectivity index is 1.42. The summed E-state index contributed by atoms with van der Waals surface area (Å²) in [5.74, 6) is 0.456. The first kappa shape index (κ1) is 20.6. The average Bonchev–Trinajstić information content (AvgIpc) is 3.49. The minimum atomic E-state index is -0.306. The Morgan fingerprint density at radius 2 is 1.97 bits per heavy atom. The molecule has 160 valence electrons. The maximum absolute atomic E-state index is 12.7. The fraction of sp³-hybridized carbons (Fsp3) is 0.476. The van der Waals surface area contributed by atoms with Gasteiger partial charge in [-0.25, -0.2) is 4.98 Å². The van der Waals surface area contributed by atoms with Crippen molar-refractivity contribution >= 4 is 28.3 Å². The summed E-state index contributed by atoms with van der Waals surface area (Å²) in [6.07, 6.45) is 3.67. The van der Waals surface area contributed by atoms with Crippen LogP contribution < -0.4 is 20.1 Å². The molecule has 2 aliphatic rings. The lowest BCUT2D eigenvalue weighted by Crippen LogP contribution is -2.34. The van der Waals surface area contributed by atoms with Crippen molar-refractivity contribution in [3.8, 4) is 11.5 Å². The third kappa shape index (κ3) is 4.41. The van der Waals surface area contributed by atoms with Gasteiger partial charge < -0.3 is 19.5 Å². The highest BCUT2D eigenvalue weighted by molar-refractivity contribution is 7.16. The van der Waals surface area contributed by atoms with Crippen molar-refractivity contribution < 1.29 is 23.8 Å². The van der Waals surface area contributed by atoms with Crippen molar-refractivity contribution in [3.05, 3.63) is 34.3 Å². The van der Waals surface area contributed by atoms with E-state index in [2.05, 4.69) is 15.6 Å². The lowest BCUT2D eigenvalue weighted by molar-refractivity contribution is -0.123. The quantitative estimate of drug-likeness (QED) is 0.700. The van der Waals surface area contributed by atoms with Crippen molar-refractivity contribution in [2.45, 2.75) is 37.7 Å². The van der Waals surface area contributed by atoms with Crippen molar-refractivity contribution in [2.75, 3.05) is 32.7 Å². The van der Waals surface area contributed by atoms with E-state index in [-0.39, 0.29) is 23.8 Å². The number of aromatic nitrogens is 1. The molecule has 4 rings (SSSR count). The minimum Gasteiger partial charge on any atom is -0.497 e. The predicted octanol–water partition coefficient (Wildman–Crippen LogP) is 2.74. The Bertz CT molecular complexity index is 916. The molecule has 1 fully saturated rings. The third-order valence-corrected chi connectivity index (χ3v) is 6.44. The van der Waals surface area contributed by atoms with Gasteiger partial charge >= 0.3 is 0 Å². The van der Waals surface area contributed by atoms with Gasteiger partial charge in [-0.3, -0.25) is 14.9 Å². The Hall–Kier alpha value is -2.65. The zero-order valence-corrected chi connectivity index (χ0v) is 17.8. The first-order chi connectivity index (χ1) is 14.6. The van der Waals surface area contributed by atoms with Gasteiger partial charge in [-0.2, -0.15) is 0 Å². The molecule has 0 spiro atoms. The fourth-order valence-electron chi connectivity index (χ4n) is 3.79. The van der Waals surface area contributed by atoms with Crippen molar-refractivity contribution in [1.29, 1.82) is 0 Å². The summed E-state index contributed by atoms with van der Waals surface area (Å²) in [5.41, 5.74) is 1.18. The van der Waals surface area contributed by atoms with Gasteiger partial charge in [0.05, 0.1) is 31.9 Å². The lowest BCUT2D eigenvalue weighted by Gasteiger charge is -2.14. The SMILES string of the molecule is COc1cc(OC)cc(C(=O)Nc2nc3c(s2)CCC3C(=O)NCC2CCCO2)c1. The van der Waals surface area contributed by atoms with E-state index < -0.39 is 0 Å². The summed E-state index contributed by atoms with van der Waals surface area (Å²) in [5, 5.41) is 6.32. The molecule has 1 aliphatic heterocycles. The van der Waals surface area contributed by atoms with Crippen LogP contribution in [-0.4, -0.2) is 50.3 Å². The zero-order valence-electron chi connectivity index (χ0n) is 17.0. The number of benzene rings is 1. The number of thiazole rings is 1. The number of ether oxygens (including phenoxy) is 3. The second-order valence-electron chi connectivity index (χ2n) is 7.35. The number of amides is 2. The van der Waals surface area contributed by atoms with Gasteiger partial charge in [0.2, 0.25) is 5.91 Å². The van der Waals surface area contributed by atoms with Gasteiger partial charge in [0, 0.05) is 29.7 Å². The number of carbonyl (C=O) groups is 2. The number of methoxy groups -OCH3 is 2. The number of nitrogens with one attached hydrogen (secondary N) is 2. The molecule has 2 amide bonds. The summed E-state index contributed by atoms with van der Waals surface area (Å²) in [4.78, 5) is 30.9. The molecule has 9 heteroatoms. The molecular weight excluding hydrogens is 406 g/mol. The number of hydrogen-bond donors (Lipinski definition) is 2.